The number of likely N-dealkylation sites (tertiary alicyclic amines) is 1. The van der Waals surface area contributed by atoms with Crippen molar-refractivity contribution in [2.24, 2.45) is 0 Å². The van der Waals surface area contributed by atoms with Gasteiger partial charge in [0.25, 0.3) is 0 Å². The Labute approximate surface area is 114 Å². The standard InChI is InChI=1S/C17H19NO/c1-13-16(19)12-18(13)17(14-8-4-2-5-9-14)15-10-6-3-7-11-15/h2-11,13,16-17,19H,12H2,1H3/t13-,16-/m1/s1. The zero-order valence-electron chi connectivity index (χ0n) is 11.1. The molecule has 0 unspecified atom stereocenters. The summed E-state index contributed by atoms with van der Waals surface area (Å²) in [6.45, 7) is 2.84. The lowest BCUT2D eigenvalue weighted by molar-refractivity contribution is -0.0693. The predicted molar refractivity (Wildman–Crippen MR) is 76.9 cm³/mol. The van der Waals surface area contributed by atoms with Crippen LogP contribution in [0.25, 0.3) is 0 Å². The van der Waals surface area contributed by atoms with E-state index in [4.69, 9.17) is 0 Å². The maximum atomic E-state index is 9.79. The normalized spacial score (nSPS) is 23.3. The number of β-amino-alcohol motifs (C(OH)–C–C–N with tert-alkyl or cyclic N) is 1. The Morgan fingerprint density at radius 3 is 1.79 bits per heavy atom. The molecule has 19 heavy (non-hydrogen) atoms. The van der Waals surface area contributed by atoms with Gasteiger partial charge >= 0.3 is 0 Å². The highest BCUT2D eigenvalue weighted by Gasteiger charge is 2.39. The van der Waals surface area contributed by atoms with Gasteiger partial charge in [-0.25, -0.2) is 0 Å². The molecule has 2 aromatic rings. The Balaban J connectivity index is 1.97. The molecule has 0 saturated carbocycles. The van der Waals surface area contributed by atoms with E-state index < -0.39 is 0 Å². The molecule has 3 rings (SSSR count). The van der Waals surface area contributed by atoms with Crippen LogP contribution in [-0.4, -0.2) is 28.7 Å². The molecular weight excluding hydrogens is 234 g/mol. The minimum Gasteiger partial charge on any atom is -0.390 e. The summed E-state index contributed by atoms with van der Waals surface area (Å²) in [6.07, 6.45) is -0.199. The Morgan fingerprint density at radius 2 is 1.42 bits per heavy atom. The van der Waals surface area contributed by atoms with Gasteiger partial charge < -0.3 is 5.11 Å². The molecule has 0 radical (unpaired) electrons. The fourth-order valence-corrected chi connectivity index (χ4v) is 2.80. The first-order valence-corrected chi connectivity index (χ1v) is 6.81. The van der Waals surface area contributed by atoms with Gasteiger partial charge in [0.15, 0.2) is 0 Å². The highest BCUT2D eigenvalue weighted by atomic mass is 16.3. The van der Waals surface area contributed by atoms with Crippen LogP contribution in [0.1, 0.15) is 24.1 Å². The number of rotatable bonds is 3. The van der Waals surface area contributed by atoms with Crippen molar-refractivity contribution in [3.05, 3.63) is 71.8 Å². The van der Waals surface area contributed by atoms with Crippen LogP contribution in [0.3, 0.4) is 0 Å². The summed E-state index contributed by atoms with van der Waals surface area (Å²) in [5.74, 6) is 0. The molecule has 2 heteroatoms. The molecule has 0 aliphatic carbocycles. The summed E-state index contributed by atoms with van der Waals surface area (Å²) in [7, 11) is 0. The summed E-state index contributed by atoms with van der Waals surface area (Å²) in [6, 6.07) is 21.5. The molecule has 0 spiro atoms. The second-order valence-electron chi connectivity index (χ2n) is 5.23. The minimum absolute atomic E-state index is 0.199. The molecule has 1 saturated heterocycles. The third-order valence-corrected chi connectivity index (χ3v) is 4.04. The Bertz CT molecular complexity index is 486. The Hall–Kier alpha value is -1.64. The average molecular weight is 253 g/mol. The number of benzene rings is 2. The number of hydrogen-bond acceptors (Lipinski definition) is 2. The lowest BCUT2D eigenvalue weighted by Gasteiger charge is -2.48. The van der Waals surface area contributed by atoms with E-state index in [1.165, 1.54) is 11.1 Å². The van der Waals surface area contributed by atoms with Gasteiger partial charge in [-0.3, -0.25) is 4.90 Å². The van der Waals surface area contributed by atoms with Gasteiger partial charge in [-0.2, -0.15) is 0 Å². The second kappa shape index (κ2) is 5.16. The maximum absolute atomic E-state index is 9.79. The van der Waals surface area contributed by atoms with E-state index in [9.17, 15) is 5.11 Å². The van der Waals surface area contributed by atoms with Crippen molar-refractivity contribution in [1.29, 1.82) is 0 Å². The Kier molecular flexibility index (Phi) is 3.36. The topological polar surface area (TPSA) is 23.5 Å². The van der Waals surface area contributed by atoms with E-state index in [0.717, 1.165) is 6.54 Å². The van der Waals surface area contributed by atoms with Crippen LogP contribution in [0.2, 0.25) is 0 Å². The summed E-state index contributed by atoms with van der Waals surface area (Å²) < 4.78 is 0. The Morgan fingerprint density at radius 1 is 0.947 bits per heavy atom. The number of nitrogens with zero attached hydrogens (tertiary/aromatic N) is 1. The molecular formula is C17H19NO. The molecule has 0 amide bonds. The molecule has 2 atom stereocenters. The van der Waals surface area contributed by atoms with E-state index in [1.807, 2.05) is 12.1 Å². The number of aliphatic hydroxyl groups excluding tert-OH is 1. The van der Waals surface area contributed by atoms with Crippen LogP contribution in [0.4, 0.5) is 0 Å². The molecule has 2 nitrogen and oxygen atoms in total. The third kappa shape index (κ3) is 2.29. The first kappa shape index (κ1) is 12.4. The summed E-state index contributed by atoms with van der Waals surface area (Å²) in [5, 5.41) is 9.79. The van der Waals surface area contributed by atoms with Crippen molar-refractivity contribution in [3.8, 4) is 0 Å². The van der Waals surface area contributed by atoms with E-state index in [1.54, 1.807) is 0 Å². The first-order valence-electron chi connectivity index (χ1n) is 6.81. The molecule has 1 aliphatic rings. The van der Waals surface area contributed by atoms with Crippen LogP contribution in [0, 0.1) is 0 Å². The van der Waals surface area contributed by atoms with E-state index in [2.05, 4.69) is 60.4 Å². The van der Waals surface area contributed by atoms with Crippen molar-refractivity contribution < 1.29 is 5.11 Å². The maximum Gasteiger partial charge on any atom is 0.0820 e. The van der Waals surface area contributed by atoms with Crippen molar-refractivity contribution in [3.63, 3.8) is 0 Å². The van der Waals surface area contributed by atoms with Gasteiger partial charge in [0.1, 0.15) is 0 Å². The first-order chi connectivity index (χ1) is 9.27. The largest absolute Gasteiger partial charge is 0.390 e. The fourth-order valence-electron chi connectivity index (χ4n) is 2.80. The number of hydrogen-bond donors (Lipinski definition) is 1. The van der Waals surface area contributed by atoms with Gasteiger partial charge in [0, 0.05) is 12.6 Å². The molecule has 0 bridgehead atoms. The van der Waals surface area contributed by atoms with Gasteiger partial charge in [0.2, 0.25) is 0 Å². The van der Waals surface area contributed by atoms with Crippen molar-refractivity contribution in [2.45, 2.75) is 25.1 Å². The smallest absolute Gasteiger partial charge is 0.0820 e. The van der Waals surface area contributed by atoms with Crippen LogP contribution < -0.4 is 0 Å². The van der Waals surface area contributed by atoms with Crippen LogP contribution >= 0.6 is 0 Å². The summed E-state index contributed by atoms with van der Waals surface area (Å²) in [5.41, 5.74) is 2.57. The minimum atomic E-state index is -0.199. The van der Waals surface area contributed by atoms with Gasteiger partial charge in [-0.05, 0) is 18.1 Å². The summed E-state index contributed by atoms with van der Waals surface area (Å²) in [4.78, 5) is 2.36. The zero-order valence-corrected chi connectivity index (χ0v) is 11.1. The molecule has 98 valence electrons. The van der Waals surface area contributed by atoms with Crippen LogP contribution in [0.5, 0.6) is 0 Å². The van der Waals surface area contributed by atoms with E-state index in [-0.39, 0.29) is 18.2 Å². The molecule has 1 heterocycles. The average Bonchev–Trinajstić information content (AvgIpc) is 2.49. The predicted octanol–water partition coefficient (Wildman–Crippen LogP) is 2.84. The van der Waals surface area contributed by atoms with Crippen LogP contribution in [-0.2, 0) is 0 Å². The number of aliphatic hydroxyl groups is 1. The molecule has 1 aliphatic heterocycles. The van der Waals surface area contributed by atoms with Crippen molar-refractivity contribution in [1.82, 2.24) is 4.90 Å². The van der Waals surface area contributed by atoms with Gasteiger partial charge in [0.05, 0.1) is 12.1 Å². The zero-order chi connectivity index (χ0) is 13.2. The molecule has 0 aromatic heterocycles. The van der Waals surface area contributed by atoms with Crippen molar-refractivity contribution >= 4 is 0 Å². The van der Waals surface area contributed by atoms with Gasteiger partial charge in [-0.1, -0.05) is 60.7 Å². The lowest BCUT2D eigenvalue weighted by Crippen LogP contribution is -2.59. The summed E-state index contributed by atoms with van der Waals surface area (Å²) >= 11 is 0. The van der Waals surface area contributed by atoms with E-state index in [0.29, 0.717) is 0 Å². The van der Waals surface area contributed by atoms with E-state index >= 15 is 0 Å². The second-order valence-corrected chi connectivity index (χ2v) is 5.23. The van der Waals surface area contributed by atoms with Crippen molar-refractivity contribution in [2.75, 3.05) is 6.54 Å². The van der Waals surface area contributed by atoms with Gasteiger partial charge in [-0.15, -0.1) is 0 Å². The highest BCUT2D eigenvalue weighted by Crippen LogP contribution is 2.35. The third-order valence-electron chi connectivity index (χ3n) is 4.04. The van der Waals surface area contributed by atoms with Crippen LogP contribution in [0.15, 0.2) is 60.7 Å². The molecule has 2 aromatic carbocycles. The highest BCUT2D eigenvalue weighted by molar-refractivity contribution is 5.32. The SMILES string of the molecule is C[C@@H]1[C@H](O)CN1C(c1ccccc1)c1ccccc1. The monoisotopic (exact) mass is 253 g/mol. The molecule has 1 fully saturated rings. The molecule has 1 N–H and O–H groups in total. The quantitative estimate of drug-likeness (QED) is 0.909. The lowest BCUT2D eigenvalue weighted by atomic mass is 9.90. The fraction of sp³-hybridized carbons (Fsp3) is 0.294.